The van der Waals surface area contributed by atoms with Gasteiger partial charge in [-0.25, -0.2) is 0 Å². The monoisotopic (exact) mass is 322 g/mol. The van der Waals surface area contributed by atoms with Crippen molar-refractivity contribution in [3.8, 4) is 0 Å². The molecule has 2 unspecified atom stereocenters. The number of benzene rings is 1. The molecule has 2 atom stereocenters. The van der Waals surface area contributed by atoms with Gasteiger partial charge in [0.1, 0.15) is 0 Å². The highest BCUT2D eigenvalue weighted by atomic mass is 79.9. The molecule has 102 valence electrons. The van der Waals surface area contributed by atoms with E-state index in [0.717, 1.165) is 38.8 Å². The van der Waals surface area contributed by atoms with Crippen LogP contribution in [0, 0.1) is 5.92 Å². The minimum absolute atomic E-state index is 0.156. The van der Waals surface area contributed by atoms with E-state index in [9.17, 15) is 4.79 Å². The molecule has 0 saturated heterocycles. The summed E-state index contributed by atoms with van der Waals surface area (Å²) < 4.78 is 1.17. The molecule has 1 fully saturated rings. The fraction of sp³-hybridized carbons (Fsp3) is 0.533. The summed E-state index contributed by atoms with van der Waals surface area (Å²) in [5.74, 6) is 0.460. The Labute approximate surface area is 122 Å². The maximum Gasteiger partial charge on any atom is 0.226 e. The number of amides is 1. The van der Waals surface area contributed by atoms with E-state index in [1.165, 1.54) is 15.6 Å². The van der Waals surface area contributed by atoms with Crippen LogP contribution in [-0.4, -0.2) is 23.4 Å². The standard InChI is InChI=1S/C15H19BrN2O/c16-14-3-1-2-11-9-18(7-6-13(11)14)15(19)10-4-5-12(17)8-10/h1-3,10,12H,4-9,17H2. The number of hydrogen-bond acceptors (Lipinski definition) is 2. The van der Waals surface area contributed by atoms with Gasteiger partial charge in [-0.3, -0.25) is 4.79 Å². The van der Waals surface area contributed by atoms with E-state index in [4.69, 9.17) is 5.73 Å². The van der Waals surface area contributed by atoms with Crippen molar-refractivity contribution in [2.75, 3.05) is 6.54 Å². The quantitative estimate of drug-likeness (QED) is 0.863. The van der Waals surface area contributed by atoms with Crippen LogP contribution in [0.25, 0.3) is 0 Å². The minimum atomic E-state index is 0.156. The summed E-state index contributed by atoms with van der Waals surface area (Å²) in [6, 6.07) is 6.47. The SMILES string of the molecule is NC1CCC(C(=O)N2CCc3c(Br)cccc3C2)C1. The van der Waals surface area contributed by atoms with E-state index in [0.29, 0.717) is 5.91 Å². The van der Waals surface area contributed by atoms with Gasteiger partial charge in [-0.05, 0) is 42.9 Å². The number of hydrogen-bond donors (Lipinski definition) is 1. The van der Waals surface area contributed by atoms with Gasteiger partial charge < -0.3 is 10.6 Å². The lowest BCUT2D eigenvalue weighted by atomic mass is 9.98. The first-order chi connectivity index (χ1) is 9.15. The maximum absolute atomic E-state index is 12.5. The van der Waals surface area contributed by atoms with Crippen LogP contribution in [0.5, 0.6) is 0 Å². The van der Waals surface area contributed by atoms with Crippen LogP contribution in [0.4, 0.5) is 0 Å². The largest absolute Gasteiger partial charge is 0.338 e. The van der Waals surface area contributed by atoms with Gasteiger partial charge in [0, 0.05) is 29.5 Å². The van der Waals surface area contributed by atoms with Gasteiger partial charge in [0.15, 0.2) is 0 Å². The number of nitrogens with zero attached hydrogens (tertiary/aromatic N) is 1. The zero-order valence-electron chi connectivity index (χ0n) is 10.9. The molecule has 3 nitrogen and oxygen atoms in total. The van der Waals surface area contributed by atoms with Gasteiger partial charge in [0.25, 0.3) is 0 Å². The minimum Gasteiger partial charge on any atom is -0.338 e. The molecular formula is C15H19BrN2O. The summed E-state index contributed by atoms with van der Waals surface area (Å²) in [7, 11) is 0. The van der Waals surface area contributed by atoms with Crippen molar-refractivity contribution in [3.63, 3.8) is 0 Å². The van der Waals surface area contributed by atoms with Crippen molar-refractivity contribution in [2.24, 2.45) is 11.7 Å². The van der Waals surface area contributed by atoms with Crippen molar-refractivity contribution in [1.29, 1.82) is 0 Å². The molecule has 1 amide bonds. The highest BCUT2D eigenvalue weighted by Gasteiger charge is 2.32. The van der Waals surface area contributed by atoms with Crippen LogP contribution in [0.3, 0.4) is 0 Å². The van der Waals surface area contributed by atoms with E-state index in [1.54, 1.807) is 0 Å². The Kier molecular flexibility index (Phi) is 3.63. The molecule has 0 aromatic heterocycles. The van der Waals surface area contributed by atoms with Crippen molar-refractivity contribution >= 4 is 21.8 Å². The Balaban J connectivity index is 1.73. The lowest BCUT2D eigenvalue weighted by molar-refractivity contribution is -0.136. The summed E-state index contributed by atoms with van der Waals surface area (Å²) >= 11 is 3.59. The second kappa shape index (κ2) is 5.25. The van der Waals surface area contributed by atoms with E-state index >= 15 is 0 Å². The number of nitrogens with two attached hydrogens (primary N) is 1. The van der Waals surface area contributed by atoms with Crippen LogP contribution < -0.4 is 5.73 Å². The Hall–Kier alpha value is -0.870. The summed E-state index contributed by atoms with van der Waals surface area (Å²) in [6.45, 7) is 1.58. The molecule has 2 aliphatic rings. The third-order valence-corrected chi connectivity index (χ3v) is 5.09. The highest BCUT2D eigenvalue weighted by molar-refractivity contribution is 9.10. The summed E-state index contributed by atoms with van der Waals surface area (Å²) in [5.41, 5.74) is 8.54. The molecule has 3 rings (SSSR count). The number of carbonyl (C=O) groups is 1. The number of rotatable bonds is 1. The molecule has 1 aliphatic carbocycles. The Morgan fingerprint density at radius 3 is 2.95 bits per heavy atom. The molecule has 4 heteroatoms. The first kappa shape index (κ1) is 13.1. The van der Waals surface area contributed by atoms with Gasteiger partial charge in [0.2, 0.25) is 5.91 Å². The summed E-state index contributed by atoms with van der Waals surface area (Å²) in [4.78, 5) is 14.5. The van der Waals surface area contributed by atoms with Crippen molar-refractivity contribution in [3.05, 3.63) is 33.8 Å². The van der Waals surface area contributed by atoms with Gasteiger partial charge in [-0.2, -0.15) is 0 Å². The van der Waals surface area contributed by atoms with Crippen LogP contribution in [-0.2, 0) is 17.8 Å². The fourth-order valence-corrected chi connectivity index (χ4v) is 3.86. The predicted octanol–water partition coefficient (Wildman–Crippen LogP) is 2.46. The van der Waals surface area contributed by atoms with Gasteiger partial charge in [-0.1, -0.05) is 28.1 Å². The van der Waals surface area contributed by atoms with Crippen LogP contribution in [0.2, 0.25) is 0 Å². The average molecular weight is 323 g/mol. The van der Waals surface area contributed by atoms with Crippen molar-refractivity contribution < 1.29 is 4.79 Å². The second-order valence-corrected chi connectivity index (χ2v) is 6.51. The molecule has 0 spiro atoms. The summed E-state index contributed by atoms with van der Waals surface area (Å²) in [5, 5.41) is 0. The molecule has 1 saturated carbocycles. The van der Waals surface area contributed by atoms with Crippen LogP contribution >= 0.6 is 15.9 Å². The van der Waals surface area contributed by atoms with Crippen molar-refractivity contribution in [2.45, 2.75) is 38.3 Å². The third-order valence-electron chi connectivity index (χ3n) is 4.34. The smallest absolute Gasteiger partial charge is 0.226 e. The zero-order valence-corrected chi connectivity index (χ0v) is 12.5. The molecule has 1 aromatic rings. The topological polar surface area (TPSA) is 46.3 Å². The van der Waals surface area contributed by atoms with E-state index in [1.807, 2.05) is 11.0 Å². The molecule has 1 aromatic carbocycles. The Morgan fingerprint density at radius 1 is 1.37 bits per heavy atom. The predicted molar refractivity (Wildman–Crippen MR) is 78.6 cm³/mol. The van der Waals surface area contributed by atoms with Crippen molar-refractivity contribution in [1.82, 2.24) is 4.90 Å². The zero-order chi connectivity index (χ0) is 13.4. The van der Waals surface area contributed by atoms with Crippen LogP contribution in [0.1, 0.15) is 30.4 Å². The maximum atomic E-state index is 12.5. The normalized spacial score (nSPS) is 26.3. The number of carbonyl (C=O) groups excluding carboxylic acids is 1. The number of halogens is 1. The fourth-order valence-electron chi connectivity index (χ4n) is 3.25. The van der Waals surface area contributed by atoms with Gasteiger partial charge in [-0.15, -0.1) is 0 Å². The molecule has 0 bridgehead atoms. The van der Waals surface area contributed by atoms with Gasteiger partial charge >= 0.3 is 0 Å². The first-order valence-electron chi connectivity index (χ1n) is 6.96. The summed E-state index contributed by atoms with van der Waals surface area (Å²) in [6.07, 6.45) is 3.76. The second-order valence-electron chi connectivity index (χ2n) is 5.66. The third kappa shape index (κ3) is 2.56. The first-order valence-corrected chi connectivity index (χ1v) is 7.75. The Morgan fingerprint density at radius 2 is 2.21 bits per heavy atom. The van der Waals surface area contributed by atoms with Crippen LogP contribution in [0.15, 0.2) is 22.7 Å². The molecule has 1 heterocycles. The van der Waals surface area contributed by atoms with E-state index in [2.05, 4.69) is 28.1 Å². The van der Waals surface area contributed by atoms with E-state index in [-0.39, 0.29) is 12.0 Å². The van der Waals surface area contributed by atoms with E-state index < -0.39 is 0 Å². The number of fused-ring (bicyclic) bond motifs is 1. The lowest BCUT2D eigenvalue weighted by Crippen LogP contribution is -2.39. The van der Waals surface area contributed by atoms with Gasteiger partial charge in [0.05, 0.1) is 0 Å². The molecular weight excluding hydrogens is 304 g/mol. The molecule has 19 heavy (non-hydrogen) atoms. The average Bonchev–Trinajstić information content (AvgIpc) is 2.84. The Bertz CT molecular complexity index is 503. The molecule has 1 aliphatic heterocycles. The lowest BCUT2D eigenvalue weighted by Gasteiger charge is -2.31. The molecule has 2 N–H and O–H groups in total. The molecule has 0 radical (unpaired) electrons. The highest BCUT2D eigenvalue weighted by Crippen LogP contribution is 2.30.